The molecule has 0 aromatic heterocycles. The molecule has 0 radical (unpaired) electrons. The van der Waals surface area contributed by atoms with E-state index < -0.39 is 20.0 Å². The third-order valence-electron chi connectivity index (χ3n) is 15.0. The van der Waals surface area contributed by atoms with E-state index in [1.165, 1.54) is 205 Å². The lowest BCUT2D eigenvalue weighted by Crippen LogP contribution is -2.47. The number of phosphoric acid groups is 1. The van der Waals surface area contributed by atoms with Crippen molar-refractivity contribution in [3.8, 4) is 0 Å². The van der Waals surface area contributed by atoms with Gasteiger partial charge in [-0.15, -0.1) is 0 Å². The molecule has 78 heavy (non-hydrogen) atoms. The quantitative estimate of drug-likeness (QED) is 0.0205. The number of unbranched alkanes of at least 4 members (excludes halogenated alkanes) is 39. The zero-order chi connectivity index (χ0) is 57.2. The summed E-state index contributed by atoms with van der Waals surface area (Å²) in [5.41, 5.74) is 0. The second-order valence-corrected chi connectivity index (χ2v) is 25.5. The van der Waals surface area contributed by atoms with Crippen molar-refractivity contribution in [2.45, 2.75) is 335 Å². The standard InChI is InChI=1S/C68H129N2O7P/c1-7-10-13-16-19-22-25-28-30-32-34-35-37-38-40-42-45-48-51-54-57-60-67(71)69-65(64-76-78(73,74)75-63-62-70(4,5)6)66(59-56-53-50-47-44-27-24-21-18-15-12-9-3)77-68(72)61-58-55-52-49-46-43-41-39-36-33-31-29-26-23-20-17-14-11-8-2/h20,23,29,31,36,39,56,59,65-66H,7-19,21-22,24-28,30,32-35,37-38,40-55,57-58,60-64H2,1-6H3,(H-,69,71,73,74)/p+1/b23-20-,31-29-,39-36-,59-56+. The van der Waals surface area contributed by atoms with Gasteiger partial charge in [0.1, 0.15) is 19.3 Å². The van der Waals surface area contributed by atoms with Gasteiger partial charge in [-0.2, -0.15) is 0 Å². The van der Waals surface area contributed by atoms with Gasteiger partial charge < -0.3 is 19.4 Å². The van der Waals surface area contributed by atoms with Gasteiger partial charge >= 0.3 is 13.8 Å². The fraction of sp³-hybridized carbons (Fsp3) is 0.853. The molecule has 10 heteroatoms. The van der Waals surface area contributed by atoms with Crippen LogP contribution in [0.25, 0.3) is 0 Å². The number of carbonyl (C=O) groups excluding carboxylic acids is 2. The van der Waals surface area contributed by atoms with Crippen molar-refractivity contribution in [2.24, 2.45) is 0 Å². The maximum absolute atomic E-state index is 13.6. The van der Waals surface area contributed by atoms with E-state index in [-0.39, 0.29) is 31.5 Å². The van der Waals surface area contributed by atoms with Crippen LogP contribution in [0.4, 0.5) is 0 Å². The van der Waals surface area contributed by atoms with Gasteiger partial charge in [-0.05, 0) is 70.3 Å². The maximum Gasteiger partial charge on any atom is 0.472 e. The van der Waals surface area contributed by atoms with Gasteiger partial charge in [-0.3, -0.25) is 18.6 Å². The van der Waals surface area contributed by atoms with E-state index >= 15 is 0 Å². The normalized spacial score (nSPS) is 13.9. The molecule has 3 unspecified atom stereocenters. The molecule has 0 saturated carbocycles. The van der Waals surface area contributed by atoms with E-state index in [4.69, 9.17) is 13.8 Å². The summed E-state index contributed by atoms with van der Waals surface area (Å²) in [6.07, 6.45) is 72.5. The summed E-state index contributed by atoms with van der Waals surface area (Å²) in [6.45, 7) is 7.02. The van der Waals surface area contributed by atoms with Crippen LogP contribution < -0.4 is 5.32 Å². The van der Waals surface area contributed by atoms with Crippen molar-refractivity contribution in [1.82, 2.24) is 5.32 Å². The Morgan fingerprint density at radius 2 is 0.782 bits per heavy atom. The number of phosphoric ester groups is 1. The van der Waals surface area contributed by atoms with Crippen LogP contribution in [-0.4, -0.2) is 74.3 Å². The average molecular weight is 1120 g/mol. The Labute approximate surface area is 484 Å². The Kier molecular flexibility index (Phi) is 56.7. The van der Waals surface area contributed by atoms with Gasteiger partial charge in [0.15, 0.2) is 0 Å². The summed E-state index contributed by atoms with van der Waals surface area (Å²) in [5, 5.41) is 3.07. The molecule has 458 valence electrons. The zero-order valence-corrected chi connectivity index (χ0v) is 53.3. The highest BCUT2D eigenvalue weighted by Gasteiger charge is 2.30. The molecule has 0 fully saturated rings. The number of quaternary nitrogens is 1. The van der Waals surface area contributed by atoms with Crippen LogP contribution in [0.2, 0.25) is 0 Å². The Balaban J connectivity index is 5.16. The van der Waals surface area contributed by atoms with Crippen LogP contribution in [0.3, 0.4) is 0 Å². The SMILES string of the molecule is CCCCC/C=C\C/C=C\C/C=C\CCCCCCCCC(=O)OC(/C=C/CCCCCCCCCCCC)C(COP(=O)(O)OCC[N+](C)(C)C)NC(=O)CCCCCCCCCCCCCCCCCCCCCCC. The molecule has 0 bridgehead atoms. The minimum atomic E-state index is -4.45. The second kappa shape index (κ2) is 58.2. The predicted molar refractivity (Wildman–Crippen MR) is 337 cm³/mol. The molecule has 0 aliphatic carbocycles. The van der Waals surface area contributed by atoms with E-state index in [0.29, 0.717) is 17.4 Å². The number of likely N-dealkylation sites (N-methyl/N-ethyl adjacent to an activating group) is 1. The third-order valence-corrected chi connectivity index (χ3v) is 16.0. The molecule has 0 spiro atoms. The zero-order valence-electron chi connectivity index (χ0n) is 52.4. The molecule has 0 aromatic carbocycles. The largest absolute Gasteiger partial charge is 0.472 e. The molecule has 2 N–H and O–H groups in total. The van der Waals surface area contributed by atoms with Crippen LogP contribution in [0, 0.1) is 0 Å². The average Bonchev–Trinajstić information content (AvgIpc) is 3.40. The van der Waals surface area contributed by atoms with Crippen molar-refractivity contribution < 1.29 is 37.3 Å². The van der Waals surface area contributed by atoms with E-state index in [1.807, 2.05) is 33.3 Å². The first-order valence-electron chi connectivity index (χ1n) is 33.5. The molecule has 0 saturated heterocycles. The van der Waals surface area contributed by atoms with Crippen molar-refractivity contribution >= 4 is 19.7 Å². The van der Waals surface area contributed by atoms with Crippen LogP contribution in [0.15, 0.2) is 48.6 Å². The van der Waals surface area contributed by atoms with Crippen LogP contribution >= 0.6 is 7.82 Å². The molecule has 9 nitrogen and oxygen atoms in total. The first-order chi connectivity index (χ1) is 37.9. The lowest BCUT2D eigenvalue weighted by atomic mass is 10.0. The minimum Gasteiger partial charge on any atom is -0.456 e. The summed E-state index contributed by atoms with van der Waals surface area (Å²) in [5.74, 6) is -0.506. The number of allylic oxidation sites excluding steroid dienone is 7. The molecule has 0 aliphatic heterocycles. The monoisotopic (exact) mass is 1120 g/mol. The van der Waals surface area contributed by atoms with Crippen molar-refractivity contribution in [3.63, 3.8) is 0 Å². The van der Waals surface area contributed by atoms with Crippen LogP contribution in [0.1, 0.15) is 323 Å². The van der Waals surface area contributed by atoms with E-state index in [9.17, 15) is 19.0 Å². The molecule has 3 atom stereocenters. The first kappa shape index (κ1) is 76.0. The number of esters is 1. The summed E-state index contributed by atoms with van der Waals surface area (Å²) in [4.78, 5) is 37.8. The smallest absolute Gasteiger partial charge is 0.456 e. The number of hydrogen-bond acceptors (Lipinski definition) is 6. The number of hydrogen-bond donors (Lipinski definition) is 2. The first-order valence-corrected chi connectivity index (χ1v) is 35.0. The highest BCUT2D eigenvalue weighted by atomic mass is 31.2. The Hall–Kier alpha value is -2.03. The molecule has 0 aromatic rings. The maximum atomic E-state index is 13.6. The predicted octanol–water partition coefficient (Wildman–Crippen LogP) is 20.8. The Bertz CT molecular complexity index is 1470. The number of nitrogens with one attached hydrogen (secondary N) is 1. The highest BCUT2D eigenvalue weighted by Crippen LogP contribution is 2.43. The molecule has 0 heterocycles. The van der Waals surface area contributed by atoms with Crippen molar-refractivity contribution in [2.75, 3.05) is 40.9 Å². The van der Waals surface area contributed by atoms with Gasteiger partial charge in [0.05, 0.1) is 33.8 Å². The van der Waals surface area contributed by atoms with Crippen molar-refractivity contribution in [1.29, 1.82) is 0 Å². The van der Waals surface area contributed by atoms with E-state index in [0.717, 1.165) is 83.5 Å². The minimum absolute atomic E-state index is 0.0393. The van der Waals surface area contributed by atoms with Gasteiger partial charge in [-0.1, -0.05) is 288 Å². The third kappa shape index (κ3) is 58.6. The van der Waals surface area contributed by atoms with Gasteiger partial charge in [0.25, 0.3) is 0 Å². The van der Waals surface area contributed by atoms with Crippen LogP contribution in [-0.2, 0) is 27.9 Å². The van der Waals surface area contributed by atoms with Gasteiger partial charge in [0.2, 0.25) is 5.91 Å². The summed E-state index contributed by atoms with van der Waals surface area (Å²) in [6, 6.07) is -0.852. The summed E-state index contributed by atoms with van der Waals surface area (Å²) < 4.78 is 30.8. The van der Waals surface area contributed by atoms with Gasteiger partial charge in [0, 0.05) is 12.8 Å². The second-order valence-electron chi connectivity index (χ2n) is 24.0. The fourth-order valence-corrected chi connectivity index (χ4v) is 10.6. The highest BCUT2D eigenvalue weighted by molar-refractivity contribution is 7.47. The Morgan fingerprint density at radius 3 is 1.19 bits per heavy atom. The number of nitrogens with zero attached hydrogens (tertiary/aromatic N) is 1. The lowest BCUT2D eigenvalue weighted by molar-refractivity contribution is -0.870. The molecule has 0 rings (SSSR count). The number of amides is 1. The lowest BCUT2D eigenvalue weighted by Gasteiger charge is -2.27. The number of carbonyl (C=O) groups is 2. The Morgan fingerprint density at radius 1 is 0.449 bits per heavy atom. The summed E-state index contributed by atoms with van der Waals surface area (Å²) >= 11 is 0. The summed E-state index contributed by atoms with van der Waals surface area (Å²) in [7, 11) is 1.50. The van der Waals surface area contributed by atoms with E-state index in [2.05, 4.69) is 62.5 Å². The molecule has 0 aliphatic rings. The van der Waals surface area contributed by atoms with Gasteiger partial charge in [-0.25, -0.2) is 4.57 Å². The number of ether oxygens (including phenoxy) is 1. The molecular formula is C68H130N2O7P+. The fourth-order valence-electron chi connectivity index (χ4n) is 9.83. The van der Waals surface area contributed by atoms with Crippen LogP contribution in [0.5, 0.6) is 0 Å². The molecular weight excluding hydrogens is 988 g/mol. The van der Waals surface area contributed by atoms with E-state index in [1.54, 1.807) is 0 Å². The number of rotatable bonds is 61. The topological polar surface area (TPSA) is 111 Å². The van der Waals surface area contributed by atoms with Crippen molar-refractivity contribution in [3.05, 3.63) is 48.6 Å². The molecule has 1 amide bonds.